The molecule has 0 unspecified atom stereocenters. The molecule has 1 aromatic carbocycles. The third kappa shape index (κ3) is 5.26. The second-order valence-electron chi connectivity index (χ2n) is 7.11. The molecule has 0 spiro atoms. The number of nitrogens with one attached hydrogen (secondary N) is 2. The van der Waals surface area contributed by atoms with Gasteiger partial charge in [-0.1, -0.05) is 17.9 Å². The van der Waals surface area contributed by atoms with Crippen LogP contribution >= 0.6 is 0 Å². The van der Waals surface area contributed by atoms with Crippen molar-refractivity contribution in [2.45, 2.75) is 25.3 Å². The summed E-state index contributed by atoms with van der Waals surface area (Å²) in [5.74, 6) is 4.19. The first kappa shape index (κ1) is 23.1. The summed E-state index contributed by atoms with van der Waals surface area (Å²) in [5.41, 5.74) is 0.530. The van der Waals surface area contributed by atoms with Crippen molar-refractivity contribution in [1.82, 2.24) is 15.7 Å². The van der Waals surface area contributed by atoms with Gasteiger partial charge in [0.1, 0.15) is 0 Å². The van der Waals surface area contributed by atoms with Crippen LogP contribution in [0.15, 0.2) is 36.4 Å². The first-order chi connectivity index (χ1) is 14.3. The number of hydroxylamine groups is 1. The van der Waals surface area contributed by atoms with Crippen molar-refractivity contribution in [3.8, 4) is 11.8 Å². The summed E-state index contributed by atoms with van der Waals surface area (Å²) >= 11 is 0. The molecule has 1 aromatic rings. The zero-order chi connectivity index (χ0) is 22.1. The molecule has 1 aliphatic rings. The molecule has 1 atom stereocenters. The number of ether oxygens (including phenoxy) is 1. The summed E-state index contributed by atoms with van der Waals surface area (Å²) in [7, 11) is 2.66. The van der Waals surface area contributed by atoms with Crippen LogP contribution in [0.5, 0.6) is 0 Å². The lowest BCUT2D eigenvalue weighted by Crippen LogP contribution is -2.64. The predicted molar refractivity (Wildman–Crippen MR) is 110 cm³/mol. The molecule has 1 saturated heterocycles. The molecule has 3 amide bonds. The van der Waals surface area contributed by atoms with Gasteiger partial charge in [0, 0.05) is 38.4 Å². The third-order valence-electron chi connectivity index (χ3n) is 5.25. The Morgan fingerprint density at radius 3 is 2.40 bits per heavy atom. The molecule has 0 saturated carbocycles. The van der Waals surface area contributed by atoms with E-state index in [1.165, 1.54) is 26.5 Å². The highest BCUT2D eigenvalue weighted by Crippen LogP contribution is 2.18. The second kappa shape index (κ2) is 10.6. The van der Waals surface area contributed by atoms with E-state index < -0.39 is 23.3 Å². The Morgan fingerprint density at radius 2 is 1.83 bits per heavy atom. The van der Waals surface area contributed by atoms with E-state index >= 15 is 0 Å². The van der Waals surface area contributed by atoms with E-state index in [2.05, 4.69) is 23.2 Å². The third-order valence-corrected chi connectivity index (χ3v) is 5.25. The number of benzene rings is 1. The average molecular weight is 413 g/mol. The Kier molecular flexibility index (Phi) is 8.16. The summed E-state index contributed by atoms with van der Waals surface area (Å²) in [6.07, 6.45) is 5.94. The fourth-order valence-electron chi connectivity index (χ4n) is 3.07. The first-order valence-corrected chi connectivity index (χ1v) is 9.65. The van der Waals surface area contributed by atoms with Gasteiger partial charge in [-0.2, -0.15) is 0 Å². The van der Waals surface area contributed by atoms with Crippen LogP contribution in [0.1, 0.15) is 35.7 Å². The van der Waals surface area contributed by atoms with E-state index in [-0.39, 0.29) is 5.56 Å². The van der Waals surface area contributed by atoms with E-state index in [9.17, 15) is 14.4 Å². The molecule has 0 bridgehead atoms. The van der Waals surface area contributed by atoms with Gasteiger partial charge in [-0.05, 0) is 56.0 Å². The van der Waals surface area contributed by atoms with Gasteiger partial charge in [-0.3, -0.25) is 19.6 Å². The molecule has 2 rings (SSSR count). The van der Waals surface area contributed by atoms with E-state index in [1.54, 1.807) is 24.3 Å². The number of nitrogens with zero attached hydrogens (tertiary/aromatic N) is 1. The first-order valence-electron chi connectivity index (χ1n) is 9.65. The van der Waals surface area contributed by atoms with Crippen LogP contribution in [0.25, 0.3) is 0 Å². The summed E-state index contributed by atoms with van der Waals surface area (Å²) < 4.78 is 5.32. The van der Waals surface area contributed by atoms with Crippen molar-refractivity contribution in [2.24, 2.45) is 5.92 Å². The molecular formula is C22H27N3O5. The predicted octanol–water partition coefficient (Wildman–Crippen LogP) is 1.10. The van der Waals surface area contributed by atoms with E-state index in [0.29, 0.717) is 5.92 Å². The van der Waals surface area contributed by atoms with Crippen molar-refractivity contribution in [3.05, 3.63) is 47.5 Å². The van der Waals surface area contributed by atoms with Crippen molar-refractivity contribution < 1.29 is 24.3 Å². The molecule has 0 aromatic heterocycles. The van der Waals surface area contributed by atoms with E-state index in [0.717, 1.165) is 36.5 Å². The van der Waals surface area contributed by atoms with Gasteiger partial charge >= 0.3 is 0 Å². The topological polar surface area (TPSA) is 108 Å². The number of rotatable bonds is 5. The molecule has 3 N–H and O–H groups in total. The fourth-order valence-corrected chi connectivity index (χ4v) is 3.07. The van der Waals surface area contributed by atoms with Crippen molar-refractivity contribution >= 4 is 17.7 Å². The standard InChI is InChI=1S/C22H27N3O5/c1-22(20(27)23-2,21(28)24-29)25(3)19(26)18-10-8-16(9-11-18)6-4-5-7-17-12-14-30-15-13-17/h5,7-11,17,29H,12-15H2,1-3H3,(H,23,27)(H,24,28)/b7-5+/t22-/m0/s1. The highest BCUT2D eigenvalue weighted by molar-refractivity contribution is 6.12. The van der Waals surface area contributed by atoms with Gasteiger partial charge in [0.2, 0.25) is 0 Å². The Bertz CT molecular complexity index is 845. The number of hydrogen-bond donors (Lipinski definition) is 3. The molecular weight excluding hydrogens is 386 g/mol. The van der Waals surface area contributed by atoms with Crippen molar-refractivity contribution in [2.75, 3.05) is 27.3 Å². The maximum Gasteiger partial charge on any atom is 0.278 e. The van der Waals surface area contributed by atoms with Gasteiger partial charge < -0.3 is 15.0 Å². The zero-order valence-corrected chi connectivity index (χ0v) is 17.4. The minimum Gasteiger partial charge on any atom is -0.381 e. The largest absolute Gasteiger partial charge is 0.381 e. The number of carbonyl (C=O) groups is 3. The highest BCUT2D eigenvalue weighted by atomic mass is 16.5. The molecule has 1 aliphatic heterocycles. The molecule has 0 radical (unpaired) electrons. The van der Waals surface area contributed by atoms with Gasteiger partial charge in [0.15, 0.2) is 5.54 Å². The molecule has 1 heterocycles. The monoisotopic (exact) mass is 413 g/mol. The number of hydrogen-bond acceptors (Lipinski definition) is 5. The molecule has 8 nitrogen and oxygen atoms in total. The smallest absolute Gasteiger partial charge is 0.278 e. The molecule has 8 heteroatoms. The number of allylic oxidation sites excluding steroid dienone is 2. The van der Waals surface area contributed by atoms with Gasteiger partial charge in [0.05, 0.1) is 0 Å². The van der Waals surface area contributed by atoms with Crippen LogP contribution in [-0.2, 0) is 14.3 Å². The molecule has 1 fully saturated rings. The Labute approximate surface area is 176 Å². The van der Waals surface area contributed by atoms with Crippen LogP contribution in [-0.4, -0.2) is 60.7 Å². The lowest BCUT2D eigenvalue weighted by molar-refractivity contribution is -0.148. The van der Waals surface area contributed by atoms with Crippen LogP contribution in [0.3, 0.4) is 0 Å². The summed E-state index contributed by atoms with van der Waals surface area (Å²) in [4.78, 5) is 38.1. The molecule has 30 heavy (non-hydrogen) atoms. The highest BCUT2D eigenvalue weighted by Gasteiger charge is 2.47. The maximum atomic E-state index is 12.8. The second-order valence-corrected chi connectivity index (χ2v) is 7.11. The quantitative estimate of drug-likeness (QED) is 0.290. The Hall–Kier alpha value is -3.15. The van der Waals surface area contributed by atoms with Crippen LogP contribution in [0.2, 0.25) is 0 Å². The minimum absolute atomic E-state index is 0.279. The van der Waals surface area contributed by atoms with E-state index in [1.807, 2.05) is 6.08 Å². The van der Waals surface area contributed by atoms with Crippen molar-refractivity contribution in [3.63, 3.8) is 0 Å². The van der Waals surface area contributed by atoms with Gasteiger partial charge in [0.25, 0.3) is 17.7 Å². The molecule has 160 valence electrons. The number of carbonyl (C=O) groups excluding carboxylic acids is 3. The zero-order valence-electron chi connectivity index (χ0n) is 17.4. The number of amides is 3. The summed E-state index contributed by atoms with van der Waals surface area (Å²) in [5, 5.41) is 11.3. The lowest BCUT2D eigenvalue weighted by atomic mass is 9.96. The van der Waals surface area contributed by atoms with Gasteiger partial charge in [-0.25, -0.2) is 5.48 Å². The fraction of sp³-hybridized carbons (Fsp3) is 0.409. The number of likely N-dealkylation sites (N-methyl/N-ethyl adjacent to an activating group) is 2. The molecule has 0 aliphatic carbocycles. The summed E-state index contributed by atoms with van der Waals surface area (Å²) in [6.45, 7) is 2.82. The minimum atomic E-state index is -1.92. The average Bonchev–Trinajstić information content (AvgIpc) is 2.80. The van der Waals surface area contributed by atoms with Crippen LogP contribution in [0.4, 0.5) is 0 Å². The Balaban J connectivity index is 2.10. The normalized spacial score (nSPS) is 16.1. The maximum absolute atomic E-state index is 12.8. The lowest BCUT2D eigenvalue weighted by Gasteiger charge is -2.34. The summed E-state index contributed by atoms with van der Waals surface area (Å²) in [6, 6.07) is 6.54. The van der Waals surface area contributed by atoms with Crippen LogP contribution < -0.4 is 10.8 Å². The Morgan fingerprint density at radius 1 is 1.20 bits per heavy atom. The van der Waals surface area contributed by atoms with Crippen molar-refractivity contribution in [1.29, 1.82) is 0 Å². The van der Waals surface area contributed by atoms with E-state index in [4.69, 9.17) is 9.94 Å². The SMILES string of the molecule is CNC(=O)[C@@](C)(C(=O)NO)N(C)C(=O)c1ccc(C#C/C=C/C2CCOCC2)cc1. The van der Waals surface area contributed by atoms with Crippen LogP contribution in [0, 0.1) is 17.8 Å². The van der Waals surface area contributed by atoms with Gasteiger partial charge in [-0.15, -0.1) is 0 Å².